The number of unbranched alkanes of at least 4 members (excludes halogenated alkanes) is 2. The van der Waals surface area contributed by atoms with Gasteiger partial charge in [-0.2, -0.15) is 0 Å². The minimum absolute atomic E-state index is 0.0627. The first-order valence-electron chi connectivity index (χ1n) is 10.4. The van der Waals surface area contributed by atoms with Crippen LogP contribution in [0, 0.1) is 0 Å². The molecule has 5 nitrogen and oxygen atoms in total. The van der Waals surface area contributed by atoms with E-state index < -0.39 is 0 Å². The lowest BCUT2D eigenvalue weighted by molar-refractivity contribution is 0.251. The Labute approximate surface area is 176 Å². The SMILES string of the molecule is O=c1c2ccccc2ncn1CCCCCN1CCN(c2cccc(Cl)c2)CC1. The van der Waals surface area contributed by atoms with Crippen LogP contribution in [0.1, 0.15) is 19.3 Å². The molecule has 6 heteroatoms. The number of aromatic nitrogens is 2. The normalized spacial score (nSPS) is 15.1. The molecule has 152 valence electrons. The van der Waals surface area contributed by atoms with Crippen LogP contribution in [0.3, 0.4) is 0 Å². The Morgan fingerprint density at radius 2 is 1.69 bits per heavy atom. The number of aryl methyl sites for hydroxylation is 1. The second kappa shape index (κ2) is 9.42. The Bertz CT molecular complexity index is 1010. The van der Waals surface area contributed by atoms with Crippen molar-refractivity contribution >= 4 is 28.2 Å². The average molecular weight is 411 g/mol. The molecule has 1 saturated heterocycles. The third-order valence-corrected chi connectivity index (χ3v) is 5.89. The van der Waals surface area contributed by atoms with E-state index in [4.69, 9.17) is 11.6 Å². The van der Waals surface area contributed by atoms with Crippen LogP contribution in [0.5, 0.6) is 0 Å². The van der Waals surface area contributed by atoms with Crippen molar-refractivity contribution in [3.63, 3.8) is 0 Å². The maximum Gasteiger partial charge on any atom is 0.261 e. The lowest BCUT2D eigenvalue weighted by atomic mass is 10.2. The van der Waals surface area contributed by atoms with Crippen molar-refractivity contribution in [2.24, 2.45) is 0 Å². The van der Waals surface area contributed by atoms with Crippen molar-refractivity contribution in [3.8, 4) is 0 Å². The van der Waals surface area contributed by atoms with Crippen molar-refractivity contribution in [2.45, 2.75) is 25.8 Å². The smallest absolute Gasteiger partial charge is 0.261 e. The molecule has 0 spiro atoms. The Morgan fingerprint density at radius 3 is 2.52 bits per heavy atom. The molecule has 1 aliphatic rings. The van der Waals surface area contributed by atoms with E-state index in [1.807, 2.05) is 42.5 Å². The number of piperazine rings is 1. The highest BCUT2D eigenvalue weighted by Gasteiger charge is 2.16. The fourth-order valence-corrected chi connectivity index (χ4v) is 4.15. The summed E-state index contributed by atoms with van der Waals surface area (Å²) in [5.74, 6) is 0. The molecule has 0 bridgehead atoms. The fourth-order valence-electron chi connectivity index (χ4n) is 3.96. The first-order chi connectivity index (χ1) is 14.2. The summed E-state index contributed by atoms with van der Waals surface area (Å²) in [5.41, 5.74) is 2.05. The second-order valence-electron chi connectivity index (χ2n) is 7.63. The van der Waals surface area contributed by atoms with E-state index >= 15 is 0 Å². The molecule has 1 aromatic heterocycles. The molecule has 0 N–H and O–H groups in total. The van der Waals surface area contributed by atoms with Crippen LogP contribution in [-0.4, -0.2) is 47.2 Å². The van der Waals surface area contributed by atoms with E-state index in [1.54, 1.807) is 10.9 Å². The Hall–Kier alpha value is -2.37. The zero-order chi connectivity index (χ0) is 20.1. The maximum atomic E-state index is 12.5. The summed E-state index contributed by atoms with van der Waals surface area (Å²) in [6.07, 6.45) is 4.96. The van der Waals surface area contributed by atoms with Gasteiger partial charge in [-0.25, -0.2) is 4.98 Å². The Kier molecular flexibility index (Phi) is 6.47. The van der Waals surface area contributed by atoms with E-state index in [9.17, 15) is 4.79 Å². The molecule has 1 fully saturated rings. The molecule has 29 heavy (non-hydrogen) atoms. The van der Waals surface area contributed by atoms with Crippen LogP contribution >= 0.6 is 11.6 Å². The lowest BCUT2D eigenvalue weighted by Crippen LogP contribution is -2.46. The molecule has 0 unspecified atom stereocenters. The van der Waals surface area contributed by atoms with Gasteiger partial charge in [0.1, 0.15) is 0 Å². The van der Waals surface area contributed by atoms with E-state index in [-0.39, 0.29) is 5.56 Å². The predicted molar refractivity (Wildman–Crippen MR) is 120 cm³/mol. The van der Waals surface area contributed by atoms with Gasteiger partial charge < -0.3 is 4.90 Å². The highest BCUT2D eigenvalue weighted by atomic mass is 35.5. The minimum Gasteiger partial charge on any atom is -0.369 e. The van der Waals surface area contributed by atoms with Crippen molar-refractivity contribution in [3.05, 3.63) is 70.2 Å². The van der Waals surface area contributed by atoms with Crippen LogP contribution in [0.2, 0.25) is 5.02 Å². The summed E-state index contributed by atoms with van der Waals surface area (Å²) in [6, 6.07) is 15.6. The largest absolute Gasteiger partial charge is 0.369 e. The Balaban J connectivity index is 1.18. The molecule has 2 heterocycles. The van der Waals surface area contributed by atoms with Gasteiger partial charge in [0.15, 0.2) is 0 Å². The molecule has 0 amide bonds. The first-order valence-corrected chi connectivity index (χ1v) is 10.8. The molecule has 0 atom stereocenters. The zero-order valence-electron chi connectivity index (χ0n) is 16.6. The van der Waals surface area contributed by atoms with Gasteiger partial charge in [0, 0.05) is 43.4 Å². The number of fused-ring (bicyclic) bond motifs is 1. The van der Waals surface area contributed by atoms with Gasteiger partial charge in [0.25, 0.3) is 5.56 Å². The van der Waals surface area contributed by atoms with Gasteiger partial charge in [0.05, 0.1) is 17.2 Å². The van der Waals surface area contributed by atoms with Crippen LogP contribution < -0.4 is 10.5 Å². The molecule has 0 radical (unpaired) electrons. The van der Waals surface area contributed by atoms with Crippen molar-refractivity contribution < 1.29 is 0 Å². The van der Waals surface area contributed by atoms with E-state index in [2.05, 4.69) is 20.9 Å². The van der Waals surface area contributed by atoms with E-state index in [0.717, 1.165) is 69.1 Å². The van der Waals surface area contributed by atoms with Gasteiger partial charge in [0.2, 0.25) is 0 Å². The summed E-state index contributed by atoms with van der Waals surface area (Å²) in [6.45, 7) is 6.10. The van der Waals surface area contributed by atoms with Gasteiger partial charge in [-0.1, -0.05) is 36.2 Å². The summed E-state index contributed by atoms with van der Waals surface area (Å²) < 4.78 is 1.74. The number of para-hydroxylation sites is 1. The first kappa shape index (κ1) is 19.9. The standard InChI is InChI=1S/C23H27ClN4O/c24-19-7-6-8-20(17-19)27-15-13-26(14-16-27)11-4-1-5-12-28-18-25-22-10-3-2-9-21(22)23(28)29/h2-3,6-10,17-18H,1,4-5,11-16H2. The second-order valence-corrected chi connectivity index (χ2v) is 8.07. The highest BCUT2D eigenvalue weighted by Crippen LogP contribution is 2.20. The maximum absolute atomic E-state index is 12.5. The number of nitrogens with zero attached hydrogens (tertiary/aromatic N) is 4. The summed E-state index contributed by atoms with van der Waals surface area (Å²) in [7, 11) is 0. The van der Waals surface area contributed by atoms with Gasteiger partial charge >= 0.3 is 0 Å². The van der Waals surface area contributed by atoms with Crippen molar-refractivity contribution in [1.29, 1.82) is 0 Å². The van der Waals surface area contributed by atoms with E-state index in [0.29, 0.717) is 5.39 Å². The monoisotopic (exact) mass is 410 g/mol. The molecule has 0 aliphatic carbocycles. The number of hydrogen-bond acceptors (Lipinski definition) is 4. The number of rotatable bonds is 7. The minimum atomic E-state index is 0.0627. The number of benzene rings is 2. The molecule has 3 aromatic rings. The van der Waals surface area contributed by atoms with Crippen LogP contribution in [0.15, 0.2) is 59.7 Å². The topological polar surface area (TPSA) is 41.4 Å². The van der Waals surface area contributed by atoms with Crippen LogP contribution in [0.4, 0.5) is 5.69 Å². The third kappa shape index (κ3) is 4.98. The molecule has 1 aliphatic heterocycles. The van der Waals surface area contributed by atoms with Gasteiger partial charge in [-0.15, -0.1) is 0 Å². The summed E-state index contributed by atoms with van der Waals surface area (Å²) in [5, 5.41) is 1.50. The third-order valence-electron chi connectivity index (χ3n) is 5.65. The number of anilines is 1. The molecular formula is C23H27ClN4O. The summed E-state index contributed by atoms with van der Waals surface area (Å²) in [4.78, 5) is 21.8. The summed E-state index contributed by atoms with van der Waals surface area (Å²) >= 11 is 6.11. The van der Waals surface area contributed by atoms with Crippen molar-refractivity contribution in [2.75, 3.05) is 37.6 Å². The van der Waals surface area contributed by atoms with Crippen LogP contribution in [0.25, 0.3) is 10.9 Å². The van der Waals surface area contributed by atoms with Crippen molar-refractivity contribution in [1.82, 2.24) is 14.5 Å². The number of hydrogen-bond donors (Lipinski definition) is 0. The molecule has 4 rings (SSSR count). The zero-order valence-corrected chi connectivity index (χ0v) is 17.4. The average Bonchev–Trinajstić information content (AvgIpc) is 2.75. The molecular weight excluding hydrogens is 384 g/mol. The molecule has 0 saturated carbocycles. The predicted octanol–water partition coefficient (Wildman–Crippen LogP) is 4.04. The van der Waals surface area contributed by atoms with Gasteiger partial charge in [-0.05, 0) is 49.7 Å². The van der Waals surface area contributed by atoms with Gasteiger partial charge in [-0.3, -0.25) is 14.3 Å². The Morgan fingerprint density at radius 1 is 0.897 bits per heavy atom. The molecule has 2 aromatic carbocycles. The van der Waals surface area contributed by atoms with Crippen LogP contribution in [-0.2, 0) is 6.54 Å². The number of halogens is 1. The lowest BCUT2D eigenvalue weighted by Gasteiger charge is -2.36. The highest BCUT2D eigenvalue weighted by molar-refractivity contribution is 6.30. The quantitative estimate of drug-likeness (QED) is 0.551. The van der Waals surface area contributed by atoms with E-state index in [1.165, 1.54) is 5.69 Å². The fraction of sp³-hybridized carbons (Fsp3) is 0.391.